The Balaban J connectivity index is 1.93. The van der Waals surface area contributed by atoms with Crippen LogP contribution in [0.25, 0.3) is 0 Å². The highest BCUT2D eigenvalue weighted by molar-refractivity contribution is 5.92. The van der Waals surface area contributed by atoms with Crippen molar-refractivity contribution in [3.63, 3.8) is 0 Å². The minimum Gasteiger partial charge on any atom is -0.326 e. The smallest absolute Gasteiger partial charge is 0.228 e. The fourth-order valence-corrected chi connectivity index (χ4v) is 2.42. The van der Waals surface area contributed by atoms with Crippen molar-refractivity contribution in [3.05, 3.63) is 29.8 Å². The van der Waals surface area contributed by atoms with Crippen molar-refractivity contribution in [2.45, 2.75) is 19.3 Å². The molecule has 0 spiro atoms. The lowest BCUT2D eigenvalue weighted by atomic mass is 9.97. The summed E-state index contributed by atoms with van der Waals surface area (Å²) in [6.07, 6.45) is 2.44. The first kappa shape index (κ1) is 13.6. The largest absolute Gasteiger partial charge is 0.326 e. The second-order valence-electron chi connectivity index (χ2n) is 5.12. The van der Waals surface area contributed by atoms with Gasteiger partial charge in [0.25, 0.3) is 0 Å². The van der Waals surface area contributed by atoms with Gasteiger partial charge in [-0.2, -0.15) is 5.26 Å². The summed E-state index contributed by atoms with van der Waals surface area (Å²) in [6.45, 7) is 1.91. The van der Waals surface area contributed by atoms with Crippen LogP contribution in [-0.4, -0.2) is 30.9 Å². The van der Waals surface area contributed by atoms with Gasteiger partial charge in [-0.25, -0.2) is 0 Å². The number of likely N-dealkylation sites (tertiary alicyclic amines) is 1. The van der Waals surface area contributed by atoms with Crippen molar-refractivity contribution < 1.29 is 4.79 Å². The Hall–Kier alpha value is -1.86. The molecule has 1 atom stereocenters. The number of hydrogen-bond acceptors (Lipinski definition) is 3. The standard InChI is InChI=1S/C15H19N3O/c1-18-10-2-3-13(11-18)15(19)17-14-6-4-12(5-7-14)8-9-16/h4-7,13H,2-3,8,10-11H2,1H3,(H,17,19). The Morgan fingerprint density at radius 3 is 2.84 bits per heavy atom. The zero-order valence-electron chi connectivity index (χ0n) is 11.2. The molecule has 4 heteroatoms. The van der Waals surface area contributed by atoms with Gasteiger partial charge in [0.05, 0.1) is 18.4 Å². The lowest BCUT2D eigenvalue weighted by Crippen LogP contribution is -2.38. The summed E-state index contributed by atoms with van der Waals surface area (Å²) in [5, 5.41) is 11.6. The fourth-order valence-electron chi connectivity index (χ4n) is 2.42. The van der Waals surface area contributed by atoms with Crippen molar-refractivity contribution >= 4 is 11.6 Å². The third-order valence-electron chi connectivity index (χ3n) is 3.50. The van der Waals surface area contributed by atoms with Crippen LogP contribution < -0.4 is 5.32 Å². The van der Waals surface area contributed by atoms with Crippen LogP contribution in [0.5, 0.6) is 0 Å². The Bertz CT molecular complexity index is 475. The van der Waals surface area contributed by atoms with E-state index in [1.54, 1.807) is 0 Å². The molecule has 0 aromatic heterocycles. The number of anilines is 1. The van der Waals surface area contributed by atoms with E-state index < -0.39 is 0 Å². The number of nitrogens with zero attached hydrogens (tertiary/aromatic N) is 2. The summed E-state index contributed by atoms with van der Waals surface area (Å²) >= 11 is 0. The average molecular weight is 257 g/mol. The van der Waals surface area contributed by atoms with Crippen LogP contribution in [0.4, 0.5) is 5.69 Å². The molecule has 2 rings (SSSR count). The molecule has 0 radical (unpaired) electrons. The molecule has 1 amide bonds. The van der Waals surface area contributed by atoms with Gasteiger partial charge in [0.1, 0.15) is 0 Å². The molecule has 4 nitrogen and oxygen atoms in total. The number of nitriles is 1. The van der Waals surface area contributed by atoms with Crippen LogP contribution in [0.15, 0.2) is 24.3 Å². The maximum Gasteiger partial charge on any atom is 0.228 e. The highest BCUT2D eigenvalue weighted by Gasteiger charge is 2.23. The predicted octanol–water partition coefficient (Wildman–Crippen LogP) is 2.03. The Kier molecular flexibility index (Phi) is 4.53. The third-order valence-corrected chi connectivity index (χ3v) is 3.50. The van der Waals surface area contributed by atoms with Gasteiger partial charge >= 0.3 is 0 Å². The lowest BCUT2D eigenvalue weighted by Gasteiger charge is -2.28. The highest BCUT2D eigenvalue weighted by atomic mass is 16.1. The van der Waals surface area contributed by atoms with Gasteiger partial charge in [0.15, 0.2) is 0 Å². The van der Waals surface area contributed by atoms with Crippen LogP contribution in [-0.2, 0) is 11.2 Å². The quantitative estimate of drug-likeness (QED) is 0.901. The maximum atomic E-state index is 12.1. The van der Waals surface area contributed by atoms with Gasteiger partial charge in [0.2, 0.25) is 5.91 Å². The molecule has 19 heavy (non-hydrogen) atoms. The number of carbonyl (C=O) groups is 1. The molecule has 0 aliphatic carbocycles. The van der Waals surface area contributed by atoms with E-state index in [0.29, 0.717) is 6.42 Å². The molecular formula is C15H19N3O. The number of amides is 1. The number of carbonyl (C=O) groups excluding carboxylic acids is 1. The number of piperidine rings is 1. The molecule has 1 unspecified atom stereocenters. The van der Waals surface area contributed by atoms with E-state index in [2.05, 4.69) is 23.3 Å². The maximum absolute atomic E-state index is 12.1. The molecule has 1 heterocycles. The molecular weight excluding hydrogens is 238 g/mol. The molecule has 1 fully saturated rings. The van der Waals surface area contributed by atoms with Gasteiger partial charge in [-0.05, 0) is 44.1 Å². The highest BCUT2D eigenvalue weighted by Crippen LogP contribution is 2.18. The van der Waals surface area contributed by atoms with Gasteiger partial charge in [-0.3, -0.25) is 4.79 Å². The van der Waals surface area contributed by atoms with E-state index in [1.165, 1.54) is 0 Å². The fraction of sp³-hybridized carbons (Fsp3) is 0.467. The molecule has 1 saturated heterocycles. The van der Waals surface area contributed by atoms with E-state index in [0.717, 1.165) is 37.2 Å². The zero-order chi connectivity index (χ0) is 13.7. The number of rotatable bonds is 3. The predicted molar refractivity (Wildman–Crippen MR) is 74.6 cm³/mol. The first-order valence-corrected chi connectivity index (χ1v) is 6.64. The van der Waals surface area contributed by atoms with Gasteiger partial charge in [-0.15, -0.1) is 0 Å². The minimum atomic E-state index is 0.0811. The van der Waals surface area contributed by atoms with E-state index in [4.69, 9.17) is 5.26 Å². The first-order chi connectivity index (χ1) is 9.19. The first-order valence-electron chi connectivity index (χ1n) is 6.64. The van der Waals surface area contributed by atoms with E-state index >= 15 is 0 Å². The Morgan fingerprint density at radius 1 is 1.47 bits per heavy atom. The molecule has 1 N–H and O–H groups in total. The number of nitrogens with one attached hydrogen (secondary N) is 1. The molecule has 100 valence electrons. The Morgan fingerprint density at radius 2 is 2.21 bits per heavy atom. The molecule has 1 aromatic carbocycles. The monoisotopic (exact) mass is 257 g/mol. The van der Waals surface area contributed by atoms with Gasteiger partial charge < -0.3 is 10.2 Å². The Labute approximate surface area is 114 Å². The van der Waals surface area contributed by atoms with Crippen LogP contribution in [0.1, 0.15) is 18.4 Å². The molecule has 0 saturated carbocycles. The van der Waals surface area contributed by atoms with Crippen molar-refractivity contribution in [2.24, 2.45) is 5.92 Å². The summed E-state index contributed by atoms with van der Waals surface area (Å²) in [6, 6.07) is 9.59. The SMILES string of the molecule is CN1CCCC(C(=O)Nc2ccc(CC#N)cc2)C1. The van der Waals surface area contributed by atoms with Gasteiger partial charge in [-0.1, -0.05) is 12.1 Å². The zero-order valence-corrected chi connectivity index (χ0v) is 11.2. The summed E-state index contributed by atoms with van der Waals surface area (Å²) in [5.74, 6) is 0.178. The second kappa shape index (κ2) is 6.35. The van der Waals surface area contributed by atoms with Crippen molar-refractivity contribution in [3.8, 4) is 6.07 Å². The average Bonchev–Trinajstić information content (AvgIpc) is 2.41. The summed E-state index contributed by atoms with van der Waals surface area (Å²) in [4.78, 5) is 14.3. The summed E-state index contributed by atoms with van der Waals surface area (Å²) in [5.41, 5.74) is 1.78. The van der Waals surface area contributed by atoms with E-state index in [-0.39, 0.29) is 11.8 Å². The molecule has 1 aromatic rings. The van der Waals surface area contributed by atoms with Crippen LogP contribution in [0, 0.1) is 17.2 Å². The normalized spacial score (nSPS) is 19.7. The molecule has 1 aliphatic rings. The topological polar surface area (TPSA) is 56.1 Å². The van der Waals surface area contributed by atoms with Crippen LogP contribution in [0.3, 0.4) is 0 Å². The summed E-state index contributed by atoms with van der Waals surface area (Å²) < 4.78 is 0. The summed E-state index contributed by atoms with van der Waals surface area (Å²) in [7, 11) is 2.05. The third kappa shape index (κ3) is 3.80. The van der Waals surface area contributed by atoms with E-state index in [9.17, 15) is 4.79 Å². The number of benzene rings is 1. The van der Waals surface area contributed by atoms with Crippen molar-refractivity contribution in [1.29, 1.82) is 5.26 Å². The molecule has 0 bridgehead atoms. The van der Waals surface area contributed by atoms with Crippen LogP contribution >= 0.6 is 0 Å². The van der Waals surface area contributed by atoms with Gasteiger partial charge in [0, 0.05) is 12.2 Å². The van der Waals surface area contributed by atoms with E-state index in [1.807, 2.05) is 24.3 Å². The lowest BCUT2D eigenvalue weighted by molar-refractivity contribution is -0.121. The number of hydrogen-bond donors (Lipinski definition) is 1. The van der Waals surface area contributed by atoms with Crippen molar-refractivity contribution in [2.75, 3.05) is 25.5 Å². The minimum absolute atomic E-state index is 0.0811. The van der Waals surface area contributed by atoms with Crippen LogP contribution in [0.2, 0.25) is 0 Å². The van der Waals surface area contributed by atoms with Crippen molar-refractivity contribution in [1.82, 2.24) is 4.90 Å². The second-order valence-corrected chi connectivity index (χ2v) is 5.12. The molecule has 1 aliphatic heterocycles.